The molecule has 0 atom stereocenters. The molecule has 0 unspecified atom stereocenters. The Kier molecular flexibility index (Phi) is 4.00. The number of aromatic nitrogens is 1. The summed E-state index contributed by atoms with van der Waals surface area (Å²) in [6, 6.07) is 21.5. The van der Waals surface area contributed by atoms with Gasteiger partial charge in [-0.15, -0.1) is 0 Å². The Morgan fingerprint density at radius 3 is 2.17 bits per heavy atom. The maximum atomic E-state index is 8.80. The summed E-state index contributed by atoms with van der Waals surface area (Å²) in [4.78, 5) is 4.54. The van der Waals surface area contributed by atoms with E-state index in [1.54, 1.807) is 6.20 Å². The molecule has 3 nitrogen and oxygen atoms in total. The van der Waals surface area contributed by atoms with Crippen molar-refractivity contribution in [3.8, 4) is 17.0 Å². The zero-order chi connectivity index (χ0) is 20.2. The summed E-state index contributed by atoms with van der Waals surface area (Å²) in [6.45, 7) is 6.77. The number of hydrogen-bond donors (Lipinski definition) is 1. The SMILES string of the molecule is CC(C)(C)c1cc2ccc3ccc(-c4ccc(O[B]O)cn4)c4ccc(c1)c2c34. The topological polar surface area (TPSA) is 42.4 Å². The van der Waals surface area contributed by atoms with Gasteiger partial charge in [0.2, 0.25) is 0 Å². The Morgan fingerprint density at radius 1 is 0.828 bits per heavy atom. The average Bonchev–Trinajstić information content (AvgIpc) is 2.72. The maximum absolute atomic E-state index is 8.80. The molecule has 0 spiro atoms. The molecule has 1 heterocycles. The summed E-state index contributed by atoms with van der Waals surface area (Å²) < 4.78 is 4.98. The minimum Gasteiger partial charge on any atom is -0.536 e. The van der Waals surface area contributed by atoms with Gasteiger partial charge in [-0.1, -0.05) is 69.3 Å². The van der Waals surface area contributed by atoms with Crippen LogP contribution in [0.15, 0.2) is 66.9 Å². The van der Waals surface area contributed by atoms with E-state index in [-0.39, 0.29) is 5.41 Å². The lowest BCUT2D eigenvalue weighted by atomic mass is 9.83. The van der Waals surface area contributed by atoms with Gasteiger partial charge >= 0.3 is 7.69 Å². The molecule has 0 bridgehead atoms. The van der Waals surface area contributed by atoms with Crippen LogP contribution in [0.4, 0.5) is 0 Å². The van der Waals surface area contributed by atoms with Crippen molar-refractivity contribution in [1.29, 1.82) is 0 Å². The van der Waals surface area contributed by atoms with Crippen LogP contribution in [0, 0.1) is 0 Å². The van der Waals surface area contributed by atoms with E-state index in [2.05, 4.69) is 74.3 Å². The molecule has 5 rings (SSSR count). The van der Waals surface area contributed by atoms with Crippen molar-refractivity contribution < 1.29 is 9.68 Å². The predicted octanol–water partition coefficient (Wildman–Crippen LogP) is 5.85. The van der Waals surface area contributed by atoms with Gasteiger partial charge < -0.3 is 9.68 Å². The first-order chi connectivity index (χ1) is 14.0. The molecular formula is C25H21BNO2. The van der Waals surface area contributed by atoms with Crippen molar-refractivity contribution in [2.24, 2.45) is 0 Å². The van der Waals surface area contributed by atoms with Crippen LogP contribution in [0.2, 0.25) is 0 Å². The van der Waals surface area contributed by atoms with Gasteiger partial charge in [0.15, 0.2) is 0 Å². The first-order valence-electron chi connectivity index (χ1n) is 9.77. The first kappa shape index (κ1) is 18.0. The summed E-state index contributed by atoms with van der Waals surface area (Å²) in [5.41, 5.74) is 3.42. The molecule has 0 aliphatic carbocycles. The molecule has 0 aliphatic heterocycles. The first-order valence-corrected chi connectivity index (χ1v) is 9.77. The Morgan fingerprint density at radius 2 is 1.52 bits per heavy atom. The van der Waals surface area contributed by atoms with E-state index in [9.17, 15) is 0 Å². The second-order valence-corrected chi connectivity index (χ2v) is 8.54. The molecule has 0 aliphatic rings. The van der Waals surface area contributed by atoms with Crippen molar-refractivity contribution >= 4 is 40.0 Å². The van der Waals surface area contributed by atoms with Crippen LogP contribution < -0.4 is 4.65 Å². The smallest absolute Gasteiger partial charge is 0.536 e. The number of hydrogen-bond acceptors (Lipinski definition) is 3. The molecule has 1 aromatic heterocycles. The van der Waals surface area contributed by atoms with Crippen LogP contribution in [0.25, 0.3) is 43.6 Å². The van der Waals surface area contributed by atoms with Crippen LogP contribution >= 0.6 is 0 Å². The van der Waals surface area contributed by atoms with Gasteiger partial charge in [-0.3, -0.25) is 4.98 Å². The van der Waals surface area contributed by atoms with Crippen LogP contribution in [-0.4, -0.2) is 17.7 Å². The number of benzene rings is 4. The standard InChI is InChI=1S/C25H21BNO2/c1-25(2,3)18-12-16-5-4-15-6-9-20(22-11-8-19(14-27-22)29-26-28)21-10-7-17(13-18)23(16)24(15)21/h4-14,28H,1-3H3. The highest BCUT2D eigenvalue weighted by Crippen LogP contribution is 2.40. The second kappa shape index (κ2) is 6.46. The summed E-state index contributed by atoms with van der Waals surface area (Å²) in [5, 5.41) is 16.4. The van der Waals surface area contributed by atoms with E-state index in [4.69, 9.17) is 9.68 Å². The third-order valence-electron chi connectivity index (χ3n) is 5.67. The summed E-state index contributed by atoms with van der Waals surface area (Å²) >= 11 is 0. The third-order valence-corrected chi connectivity index (χ3v) is 5.67. The van der Waals surface area contributed by atoms with Crippen LogP contribution in [0.3, 0.4) is 0 Å². The lowest BCUT2D eigenvalue weighted by molar-refractivity contribution is 0.452. The third kappa shape index (κ3) is 2.92. The Labute approximate surface area is 170 Å². The summed E-state index contributed by atoms with van der Waals surface area (Å²) in [6.07, 6.45) is 1.62. The van der Waals surface area contributed by atoms with Crippen molar-refractivity contribution in [2.75, 3.05) is 0 Å². The van der Waals surface area contributed by atoms with Gasteiger partial charge in [-0.2, -0.15) is 0 Å². The van der Waals surface area contributed by atoms with E-state index < -0.39 is 0 Å². The lowest BCUT2D eigenvalue weighted by Gasteiger charge is -2.22. The van der Waals surface area contributed by atoms with E-state index in [0.717, 1.165) is 11.3 Å². The lowest BCUT2D eigenvalue weighted by Crippen LogP contribution is -2.10. The highest BCUT2D eigenvalue weighted by Gasteiger charge is 2.18. The number of pyridine rings is 1. The van der Waals surface area contributed by atoms with Crippen LogP contribution in [0.5, 0.6) is 5.75 Å². The molecule has 29 heavy (non-hydrogen) atoms. The van der Waals surface area contributed by atoms with Gasteiger partial charge in [0.05, 0.1) is 11.9 Å². The number of rotatable bonds is 3. The minimum atomic E-state index is 0.106. The molecule has 0 saturated heterocycles. The van der Waals surface area contributed by atoms with Crippen molar-refractivity contribution in [1.82, 2.24) is 4.98 Å². The quantitative estimate of drug-likeness (QED) is 0.316. The van der Waals surface area contributed by atoms with Crippen molar-refractivity contribution in [3.05, 3.63) is 72.4 Å². The molecule has 1 N–H and O–H groups in total. The highest BCUT2D eigenvalue weighted by molar-refractivity contribution is 6.25. The molecule has 141 valence electrons. The van der Waals surface area contributed by atoms with Crippen LogP contribution in [-0.2, 0) is 5.41 Å². The fraction of sp³-hybridized carbons (Fsp3) is 0.160. The molecule has 4 aromatic carbocycles. The van der Waals surface area contributed by atoms with Gasteiger partial charge in [-0.05, 0) is 55.4 Å². The zero-order valence-corrected chi connectivity index (χ0v) is 16.7. The van der Waals surface area contributed by atoms with E-state index in [0.29, 0.717) is 13.4 Å². The van der Waals surface area contributed by atoms with E-state index in [1.807, 2.05) is 12.1 Å². The van der Waals surface area contributed by atoms with Crippen molar-refractivity contribution in [2.45, 2.75) is 26.2 Å². The average molecular weight is 378 g/mol. The molecule has 0 fully saturated rings. The van der Waals surface area contributed by atoms with E-state index >= 15 is 0 Å². The van der Waals surface area contributed by atoms with Gasteiger partial charge in [0.1, 0.15) is 5.75 Å². The highest BCUT2D eigenvalue weighted by atomic mass is 16.5. The monoisotopic (exact) mass is 378 g/mol. The fourth-order valence-corrected chi connectivity index (χ4v) is 4.15. The van der Waals surface area contributed by atoms with Gasteiger partial charge in [0, 0.05) is 5.56 Å². The van der Waals surface area contributed by atoms with Crippen molar-refractivity contribution in [3.63, 3.8) is 0 Å². The molecule has 0 amide bonds. The van der Waals surface area contributed by atoms with Gasteiger partial charge in [-0.25, -0.2) is 0 Å². The maximum Gasteiger partial charge on any atom is 0.569 e. The Hall–Kier alpha value is -3.11. The normalized spacial score (nSPS) is 12.1. The minimum absolute atomic E-state index is 0.106. The molecule has 1 radical (unpaired) electrons. The predicted molar refractivity (Wildman–Crippen MR) is 121 cm³/mol. The Bertz CT molecular complexity index is 1320. The fourth-order valence-electron chi connectivity index (χ4n) is 4.15. The summed E-state index contributed by atoms with van der Waals surface area (Å²) in [5.74, 6) is 0.503. The summed E-state index contributed by atoms with van der Waals surface area (Å²) in [7, 11) is 0.665. The van der Waals surface area contributed by atoms with E-state index in [1.165, 1.54) is 37.9 Å². The van der Waals surface area contributed by atoms with Crippen LogP contribution in [0.1, 0.15) is 26.3 Å². The largest absolute Gasteiger partial charge is 0.569 e. The molecule has 4 heteroatoms. The molecule has 0 saturated carbocycles. The molecular weight excluding hydrogens is 357 g/mol. The zero-order valence-electron chi connectivity index (χ0n) is 16.7. The second-order valence-electron chi connectivity index (χ2n) is 8.54. The molecule has 5 aromatic rings. The Balaban J connectivity index is 1.78. The number of nitrogens with zero attached hydrogens (tertiary/aromatic N) is 1. The van der Waals surface area contributed by atoms with Gasteiger partial charge in [0.25, 0.3) is 0 Å².